The molecule has 21 heavy (non-hydrogen) atoms. The molecule has 0 unspecified atom stereocenters. The molecule has 0 atom stereocenters. The van der Waals surface area contributed by atoms with Gasteiger partial charge in [-0.1, -0.05) is 66.7 Å². The fraction of sp³-hybridized carbons (Fsp3) is 0.100. The number of para-hydroxylation sites is 1. The van der Waals surface area contributed by atoms with E-state index in [0.29, 0.717) is 0 Å². The van der Waals surface area contributed by atoms with Crippen molar-refractivity contribution in [3.05, 3.63) is 89.5 Å². The Hall–Kier alpha value is -2.54. The predicted octanol–water partition coefficient (Wildman–Crippen LogP) is 4.60. The Labute approximate surface area is 125 Å². The molecule has 0 saturated heterocycles. The number of hydrogen-bond donors (Lipinski definition) is 1. The standard InChI is InChI=1S/C20H17N/c1-20(18-12-6-7-13-19(18)21)16-10-4-2-8-14(16)15-9-3-5-11-17(15)20/h2-13H,21H2,1H3. The van der Waals surface area contributed by atoms with Crippen LogP contribution in [0.5, 0.6) is 0 Å². The van der Waals surface area contributed by atoms with Crippen LogP contribution in [0, 0.1) is 0 Å². The highest BCUT2D eigenvalue weighted by atomic mass is 14.6. The van der Waals surface area contributed by atoms with Crippen molar-refractivity contribution in [2.75, 3.05) is 5.73 Å². The van der Waals surface area contributed by atoms with Crippen LogP contribution in [0.15, 0.2) is 72.8 Å². The van der Waals surface area contributed by atoms with Gasteiger partial charge in [0.1, 0.15) is 0 Å². The van der Waals surface area contributed by atoms with Crippen molar-refractivity contribution in [3.8, 4) is 11.1 Å². The highest BCUT2D eigenvalue weighted by Gasteiger charge is 2.41. The minimum atomic E-state index is -0.182. The van der Waals surface area contributed by atoms with Gasteiger partial charge in [0.15, 0.2) is 0 Å². The molecule has 0 aromatic heterocycles. The average molecular weight is 271 g/mol. The lowest BCUT2D eigenvalue weighted by Gasteiger charge is -2.29. The van der Waals surface area contributed by atoms with E-state index < -0.39 is 0 Å². The zero-order valence-electron chi connectivity index (χ0n) is 12.0. The zero-order chi connectivity index (χ0) is 14.4. The molecule has 1 aliphatic carbocycles. The minimum Gasteiger partial charge on any atom is -0.398 e. The third kappa shape index (κ3) is 1.52. The molecule has 1 heteroatoms. The lowest BCUT2D eigenvalue weighted by Crippen LogP contribution is -2.23. The summed E-state index contributed by atoms with van der Waals surface area (Å²) in [7, 11) is 0. The summed E-state index contributed by atoms with van der Waals surface area (Å²) in [6, 6.07) is 25.5. The van der Waals surface area contributed by atoms with Crippen LogP contribution in [-0.4, -0.2) is 0 Å². The van der Waals surface area contributed by atoms with Crippen LogP contribution in [0.4, 0.5) is 5.69 Å². The van der Waals surface area contributed by atoms with Crippen molar-refractivity contribution < 1.29 is 0 Å². The maximum atomic E-state index is 6.30. The number of nitrogens with two attached hydrogens (primary N) is 1. The fourth-order valence-corrected chi connectivity index (χ4v) is 3.70. The maximum absolute atomic E-state index is 6.30. The monoisotopic (exact) mass is 271 g/mol. The van der Waals surface area contributed by atoms with Gasteiger partial charge in [0.25, 0.3) is 0 Å². The molecule has 4 rings (SSSR count). The van der Waals surface area contributed by atoms with Crippen LogP contribution < -0.4 is 5.73 Å². The highest BCUT2D eigenvalue weighted by molar-refractivity contribution is 5.84. The number of hydrogen-bond acceptors (Lipinski definition) is 1. The van der Waals surface area contributed by atoms with Crippen molar-refractivity contribution >= 4 is 5.69 Å². The lowest BCUT2D eigenvalue weighted by atomic mass is 9.73. The molecular formula is C20H17N. The van der Waals surface area contributed by atoms with E-state index in [4.69, 9.17) is 5.73 Å². The normalized spacial score (nSPS) is 14.5. The molecule has 0 heterocycles. The van der Waals surface area contributed by atoms with Crippen LogP contribution in [0.1, 0.15) is 23.6 Å². The number of fused-ring (bicyclic) bond motifs is 3. The molecule has 0 fully saturated rings. The summed E-state index contributed by atoms with van der Waals surface area (Å²) in [6.07, 6.45) is 0. The molecule has 0 spiro atoms. The second-order valence-electron chi connectivity index (χ2n) is 5.80. The average Bonchev–Trinajstić information content (AvgIpc) is 2.79. The van der Waals surface area contributed by atoms with E-state index in [9.17, 15) is 0 Å². The Morgan fingerprint density at radius 3 is 1.57 bits per heavy atom. The van der Waals surface area contributed by atoms with Gasteiger partial charge in [0, 0.05) is 11.1 Å². The largest absolute Gasteiger partial charge is 0.398 e. The molecular weight excluding hydrogens is 254 g/mol. The SMILES string of the molecule is CC1(c2ccccc2N)c2ccccc2-c2ccccc21. The summed E-state index contributed by atoms with van der Waals surface area (Å²) in [5.74, 6) is 0. The van der Waals surface area contributed by atoms with Gasteiger partial charge in [0.2, 0.25) is 0 Å². The van der Waals surface area contributed by atoms with Crippen molar-refractivity contribution in [1.82, 2.24) is 0 Å². The van der Waals surface area contributed by atoms with Gasteiger partial charge in [-0.3, -0.25) is 0 Å². The smallest absolute Gasteiger partial charge is 0.0455 e. The molecule has 0 radical (unpaired) electrons. The minimum absolute atomic E-state index is 0.182. The van der Waals surface area contributed by atoms with Gasteiger partial charge in [0.05, 0.1) is 0 Å². The molecule has 1 nitrogen and oxygen atoms in total. The van der Waals surface area contributed by atoms with Crippen LogP contribution in [-0.2, 0) is 5.41 Å². The van der Waals surface area contributed by atoms with Gasteiger partial charge in [-0.05, 0) is 40.8 Å². The summed E-state index contributed by atoms with van der Waals surface area (Å²) in [6.45, 7) is 2.28. The summed E-state index contributed by atoms with van der Waals surface area (Å²) in [5.41, 5.74) is 13.5. The third-order valence-corrected chi connectivity index (χ3v) is 4.72. The molecule has 0 amide bonds. The Bertz CT molecular complexity index is 787. The molecule has 0 saturated carbocycles. The number of benzene rings is 3. The van der Waals surface area contributed by atoms with Gasteiger partial charge < -0.3 is 5.73 Å². The van der Waals surface area contributed by atoms with E-state index >= 15 is 0 Å². The van der Waals surface area contributed by atoms with E-state index in [1.165, 1.54) is 27.8 Å². The van der Waals surface area contributed by atoms with Crippen molar-refractivity contribution in [2.24, 2.45) is 0 Å². The first-order chi connectivity index (χ1) is 10.2. The van der Waals surface area contributed by atoms with Gasteiger partial charge in [-0.15, -0.1) is 0 Å². The zero-order valence-corrected chi connectivity index (χ0v) is 12.0. The van der Waals surface area contributed by atoms with E-state index in [2.05, 4.69) is 67.6 Å². The van der Waals surface area contributed by atoms with E-state index in [0.717, 1.165) is 5.69 Å². The molecule has 3 aromatic carbocycles. The Kier molecular flexibility index (Phi) is 2.46. The van der Waals surface area contributed by atoms with Gasteiger partial charge in [-0.25, -0.2) is 0 Å². The molecule has 3 aromatic rings. The predicted molar refractivity (Wildman–Crippen MR) is 88.3 cm³/mol. The number of anilines is 1. The molecule has 2 N–H and O–H groups in total. The maximum Gasteiger partial charge on any atom is 0.0455 e. The summed E-state index contributed by atoms with van der Waals surface area (Å²) in [4.78, 5) is 0. The van der Waals surface area contributed by atoms with Crippen LogP contribution in [0.3, 0.4) is 0 Å². The Morgan fingerprint density at radius 1 is 0.619 bits per heavy atom. The number of rotatable bonds is 1. The first kappa shape index (κ1) is 12.2. The second kappa shape index (κ2) is 4.23. The summed E-state index contributed by atoms with van der Waals surface area (Å²) >= 11 is 0. The Morgan fingerprint density at radius 2 is 1.05 bits per heavy atom. The van der Waals surface area contributed by atoms with Crippen molar-refractivity contribution in [3.63, 3.8) is 0 Å². The van der Waals surface area contributed by atoms with Crippen molar-refractivity contribution in [1.29, 1.82) is 0 Å². The third-order valence-electron chi connectivity index (χ3n) is 4.72. The van der Waals surface area contributed by atoms with Gasteiger partial charge in [-0.2, -0.15) is 0 Å². The molecule has 102 valence electrons. The van der Waals surface area contributed by atoms with Crippen LogP contribution >= 0.6 is 0 Å². The van der Waals surface area contributed by atoms with Crippen LogP contribution in [0.25, 0.3) is 11.1 Å². The van der Waals surface area contributed by atoms with E-state index in [1.54, 1.807) is 0 Å². The van der Waals surface area contributed by atoms with Crippen molar-refractivity contribution in [2.45, 2.75) is 12.3 Å². The first-order valence-electron chi connectivity index (χ1n) is 7.27. The topological polar surface area (TPSA) is 26.0 Å². The first-order valence-corrected chi connectivity index (χ1v) is 7.27. The highest BCUT2D eigenvalue weighted by Crippen LogP contribution is 2.53. The molecule has 0 bridgehead atoms. The quantitative estimate of drug-likeness (QED) is 0.643. The molecule has 1 aliphatic rings. The summed E-state index contributed by atoms with van der Waals surface area (Å²) in [5, 5.41) is 0. The Balaban J connectivity index is 2.12. The lowest BCUT2D eigenvalue weighted by molar-refractivity contribution is 0.716. The number of nitrogen functional groups attached to an aromatic ring is 1. The van der Waals surface area contributed by atoms with E-state index in [1.807, 2.05) is 12.1 Å². The van der Waals surface area contributed by atoms with Gasteiger partial charge >= 0.3 is 0 Å². The van der Waals surface area contributed by atoms with E-state index in [-0.39, 0.29) is 5.41 Å². The summed E-state index contributed by atoms with van der Waals surface area (Å²) < 4.78 is 0. The second-order valence-corrected chi connectivity index (χ2v) is 5.80. The molecule has 0 aliphatic heterocycles. The fourth-order valence-electron chi connectivity index (χ4n) is 3.70. The van der Waals surface area contributed by atoms with Crippen LogP contribution in [0.2, 0.25) is 0 Å².